The van der Waals surface area contributed by atoms with Gasteiger partial charge in [-0.25, -0.2) is 0 Å². The molecule has 2 heterocycles. The summed E-state index contributed by atoms with van der Waals surface area (Å²) in [6, 6.07) is 6.29. The van der Waals surface area contributed by atoms with E-state index in [-0.39, 0.29) is 0 Å². The van der Waals surface area contributed by atoms with E-state index >= 15 is 0 Å². The molecule has 1 aromatic heterocycles. The lowest BCUT2D eigenvalue weighted by Crippen LogP contribution is -2.29. The predicted octanol–water partition coefficient (Wildman–Crippen LogP) is 2.95. The summed E-state index contributed by atoms with van der Waals surface area (Å²) in [5.41, 5.74) is 3.36. The molecule has 3 nitrogen and oxygen atoms in total. The van der Waals surface area contributed by atoms with Gasteiger partial charge in [0.1, 0.15) is 0 Å². The summed E-state index contributed by atoms with van der Waals surface area (Å²) in [6.45, 7) is 4.43. The summed E-state index contributed by atoms with van der Waals surface area (Å²) >= 11 is 0. The summed E-state index contributed by atoms with van der Waals surface area (Å²) < 4.78 is 5.42. The quantitative estimate of drug-likeness (QED) is 0.754. The fraction of sp³-hybridized carbons (Fsp3) is 0.500. The maximum atomic E-state index is 5.42. The smallest absolute Gasteiger partial charge is 0.167 e. The van der Waals surface area contributed by atoms with Crippen LogP contribution in [0.4, 0.5) is 0 Å². The average Bonchev–Trinajstić information content (AvgIpc) is 2.73. The molecule has 0 bridgehead atoms. The lowest BCUT2D eigenvalue weighted by molar-refractivity contribution is 0.250. The monoisotopic (exact) mass is 230 g/mol. The Morgan fingerprint density at radius 3 is 2.82 bits per heavy atom. The number of rotatable bonds is 1. The number of fused-ring (bicyclic) bond motifs is 1. The molecule has 3 heteroatoms. The van der Waals surface area contributed by atoms with Crippen LogP contribution in [0.1, 0.15) is 30.0 Å². The first-order valence-electron chi connectivity index (χ1n) is 6.28. The van der Waals surface area contributed by atoms with Crippen LogP contribution in [0.2, 0.25) is 0 Å². The van der Waals surface area contributed by atoms with Crippen molar-refractivity contribution < 1.29 is 4.52 Å². The van der Waals surface area contributed by atoms with Crippen LogP contribution in [-0.4, -0.2) is 30.2 Å². The summed E-state index contributed by atoms with van der Waals surface area (Å²) in [5.74, 6) is 0.564. The Kier molecular flexibility index (Phi) is 2.63. The summed E-state index contributed by atoms with van der Waals surface area (Å²) in [7, 11) is 2.18. The van der Waals surface area contributed by atoms with Crippen LogP contribution in [0, 0.1) is 6.92 Å². The van der Waals surface area contributed by atoms with Crippen molar-refractivity contribution in [3.05, 3.63) is 29.5 Å². The third-order valence-corrected chi connectivity index (χ3v) is 3.76. The molecule has 0 atom stereocenters. The van der Waals surface area contributed by atoms with Crippen molar-refractivity contribution >= 4 is 11.0 Å². The van der Waals surface area contributed by atoms with Crippen molar-refractivity contribution in [2.45, 2.75) is 25.7 Å². The standard InChI is InChI=1S/C14H18N2O/c1-10-3-4-13-12(9-10)14(15-17-13)11-5-7-16(2)8-6-11/h3-4,9,11H,5-8H2,1-2H3. The van der Waals surface area contributed by atoms with E-state index in [0.29, 0.717) is 5.92 Å². The van der Waals surface area contributed by atoms with Gasteiger partial charge in [0, 0.05) is 11.3 Å². The van der Waals surface area contributed by atoms with Gasteiger partial charge in [-0.15, -0.1) is 0 Å². The maximum Gasteiger partial charge on any atom is 0.167 e. The van der Waals surface area contributed by atoms with Crippen LogP contribution in [-0.2, 0) is 0 Å². The van der Waals surface area contributed by atoms with Crippen LogP contribution in [0.3, 0.4) is 0 Å². The Labute approximate surface area is 101 Å². The molecule has 1 saturated heterocycles. The van der Waals surface area contributed by atoms with E-state index in [1.54, 1.807) is 0 Å². The van der Waals surface area contributed by atoms with Crippen LogP contribution < -0.4 is 0 Å². The first kappa shape index (κ1) is 10.8. The zero-order valence-electron chi connectivity index (χ0n) is 10.4. The largest absolute Gasteiger partial charge is 0.356 e. The minimum Gasteiger partial charge on any atom is -0.356 e. The fourth-order valence-corrected chi connectivity index (χ4v) is 2.65. The minimum atomic E-state index is 0.564. The highest BCUT2D eigenvalue weighted by molar-refractivity contribution is 5.80. The topological polar surface area (TPSA) is 29.3 Å². The summed E-state index contributed by atoms with van der Waals surface area (Å²) in [4.78, 5) is 2.38. The van der Waals surface area contributed by atoms with E-state index in [1.807, 2.05) is 6.07 Å². The first-order valence-corrected chi connectivity index (χ1v) is 6.28. The number of benzene rings is 1. The summed E-state index contributed by atoms with van der Waals surface area (Å²) in [5, 5.41) is 5.50. The number of aromatic nitrogens is 1. The van der Waals surface area contributed by atoms with Gasteiger partial charge >= 0.3 is 0 Å². The maximum absolute atomic E-state index is 5.42. The molecular formula is C14H18N2O. The van der Waals surface area contributed by atoms with Gasteiger partial charge in [-0.05, 0) is 52.0 Å². The van der Waals surface area contributed by atoms with Crippen LogP contribution in [0.25, 0.3) is 11.0 Å². The van der Waals surface area contributed by atoms with Crippen LogP contribution >= 0.6 is 0 Å². The van der Waals surface area contributed by atoms with E-state index in [1.165, 1.54) is 23.8 Å². The van der Waals surface area contributed by atoms with Crippen molar-refractivity contribution in [3.8, 4) is 0 Å². The van der Waals surface area contributed by atoms with Gasteiger partial charge in [0.25, 0.3) is 0 Å². The van der Waals surface area contributed by atoms with Crippen molar-refractivity contribution in [3.63, 3.8) is 0 Å². The van der Waals surface area contributed by atoms with Crippen molar-refractivity contribution in [1.82, 2.24) is 10.1 Å². The van der Waals surface area contributed by atoms with Gasteiger partial charge in [0.05, 0.1) is 5.69 Å². The molecule has 17 heavy (non-hydrogen) atoms. The lowest BCUT2D eigenvalue weighted by atomic mass is 9.91. The Morgan fingerprint density at radius 2 is 2.06 bits per heavy atom. The normalized spacial score (nSPS) is 18.9. The van der Waals surface area contributed by atoms with E-state index in [2.05, 4.69) is 36.2 Å². The minimum absolute atomic E-state index is 0.564. The predicted molar refractivity (Wildman–Crippen MR) is 68.2 cm³/mol. The highest BCUT2D eigenvalue weighted by Gasteiger charge is 2.23. The van der Waals surface area contributed by atoms with E-state index in [4.69, 9.17) is 4.52 Å². The number of aryl methyl sites for hydroxylation is 1. The van der Waals surface area contributed by atoms with E-state index < -0.39 is 0 Å². The molecule has 1 aliphatic rings. The number of hydrogen-bond acceptors (Lipinski definition) is 3. The molecule has 0 N–H and O–H groups in total. The van der Waals surface area contributed by atoms with Crippen molar-refractivity contribution in [2.24, 2.45) is 0 Å². The van der Waals surface area contributed by atoms with Gasteiger partial charge in [0.2, 0.25) is 0 Å². The van der Waals surface area contributed by atoms with Gasteiger partial charge in [-0.1, -0.05) is 16.8 Å². The molecule has 0 unspecified atom stereocenters. The zero-order chi connectivity index (χ0) is 11.8. The van der Waals surface area contributed by atoms with Crippen LogP contribution in [0.15, 0.2) is 22.7 Å². The number of likely N-dealkylation sites (tertiary alicyclic amines) is 1. The Balaban J connectivity index is 1.97. The molecule has 1 aliphatic heterocycles. The number of hydrogen-bond donors (Lipinski definition) is 0. The molecule has 1 fully saturated rings. The Morgan fingerprint density at radius 1 is 1.29 bits per heavy atom. The highest BCUT2D eigenvalue weighted by Crippen LogP contribution is 2.32. The second-order valence-electron chi connectivity index (χ2n) is 5.14. The molecule has 0 radical (unpaired) electrons. The molecule has 0 amide bonds. The third kappa shape index (κ3) is 1.95. The average molecular weight is 230 g/mol. The summed E-state index contributed by atoms with van der Waals surface area (Å²) in [6.07, 6.45) is 2.37. The molecule has 0 saturated carbocycles. The molecule has 3 rings (SSSR count). The molecule has 1 aromatic carbocycles. The SMILES string of the molecule is Cc1ccc2onc(C3CCN(C)CC3)c2c1. The second kappa shape index (κ2) is 4.15. The highest BCUT2D eigenvalue weighted by atomic mass is 16.5. The van der Waals surface area contributed by atoms with Crippen molar-refractivity contribution in [2.75, 3.05) is 20.1 Å². The first-order chi connectivity index (χ1) is 8.24. The number of piperidine rings is 1. The molecule has 90 valence electrons. The van der Waals surface area contributed by atoms with Gasteiger partial charge < -0.3 is 9.42 Å². The lowest BCUT2D eigenvalue weighted by Gasteiger charge is -2.27. The molecule has 0 spiro atoms. The van der Waals surface area contributed by atoms with Gasteiger partial charge in [-0.3, -0.25) is 0 Å². The van der Waals surface area contributed by atoms with E-state index in [0.717, 1.165) is 24.4 Å². The zero-order valence-corrected chi connectivity index (χ0v) is 10.4. The van der Waals surface area contributed by atoms with Crippen LogP contribution in [0.5, 0.6) is 0 Å². The van der Waals surface area contributed by atoms with Gasteiger partial charge in [0.15, 0.2) is 5.58 Å². The Bertz CT molecular complexity index is 524. The third-order valence-electron chi connectivity index (χ3n) is 3.76. The molecule has 2 aromatic rings. The molecule has 0 aliphatic carbocycles. The Hall–Kier alpha value is -1.35. The molecular weight excluding hydrogens is 212 g/mol. The van der Waals surface area contributed by atoms with Crippen molar-refractivity contribution in [1.29, 1.82) is 0 Å². The van der Waals surface area contributed by atoms with Gasteiger partial charge in [-0.2, -0.15) is 0 Å². The fourth-order valence-electron chi connectivity index (χ4n) is 2.65. The second-order valence-corrected chi connectivity index (χ2v) is 5.14. The number of nitrogens with zero attached hydrogens (tertiary/aromatic N) is 2. The van der Waals surface area contributed by atoms with E-state index in [9.17, 15) is 0 Å².